The van der Waals surface area contributed by atoms with Crippen molar-refractivity contribution in [2.24, 2.45) is 17.3 Å². The highest BCUT2D eigenvalue weighted by atomic mass is 16.7. The lowest BCUT2D eigenvalue weighted by atomic mass is 9.55. The molecule has 0 bridgehead atoms. The molecule has 0 aromatic rings. The second kappa shape index (κ2) is 18.0. The van der Waals surface area contributed by atoms with Crippen LogP contribution in [0.15, 0.2) is 58.7 Å². The predicted molar refractivity (Wildman–Crippen MR) is 203 cm³/mol. The zero-order valence-corrected chi connectivity index (χ0v) is 33.5. The van der Waals surface area contributed by atoms with Gasteiger partial charge in [-0.3, -0.25) is 4.79 Å². The zero-order chi connectivity index (χ0) is 40.4. The van der Waals surface area contributed by atoms with Gasteiger partial charge in [0.2, 0.25) is 0 Å². The molecule has 7 N–H and O–H groups in total. The lowest BCUT2D eigenvalue weighted by Crippen LogP contribution is -2.63. The SMILES string of the molecule is C=C1[C@@H]2CCC[C@]2(C)C(=O)[C@@H](/C=C(\C)C(O)CC=C(C)C)[C@@]1(O)C/C=C(\C)C(CC=C(C)C)O[C@@H]1O[C@H](C)[C@H](O[C@@H]2O[C@@H](C)[C@H](O)[C@@H](O)[C@H]2O)[C@H](O)[C@H]1O. The van der Waals surface area contributed by atoms with Gasteiger partial charge >= 0.3 is 0 Å². The lowest BCUT2D eigenvalue weighted by Gasteiger charge is -2.49. The van der Waals surface area contributed by atoms with Gasteiger partial charge in [0.25, 0.3) is 0 Å². The highest BCUT2D eigenvalue weighted by molar-refractivity contribution is 5.92. The van der Waals surface area contributed by atoms with E-state index < -0.39 is 90.6 Å². The molecular formula is C42H66O12. The van der Waals surface area contributed by atoms with Gasteiger partial charge in [0.05, 0.1) is 30.3 Å². The first-order valence-corrected chi connectivity index (χ1v) is 19.4. The molecule has 0 aromatic heterocycles. The highest BCUT2D eigenvalue weighted by Gasteiger charge is 2.60. The number of hydrogen-bond donors (Lipinski definition) is 7. The maximum atomic E-state index is 14.3. The Labute approximate surface area is 320 Å². The highest BCUT2D eigenvalue weighted by Crippen LogP contribution is 2.58. The molecule has 0 spiro atoms. The van der Waals surface area contributed by atoms with Gasteiger partial charge in [-0.2, -0.15) is 0 Å². The topological polar surface area (TPSA) is 196 Å². The van der Waals surface area contributed by atoms with Crippen LogP contribution in [0.3, 0.4) is 0 Å². The number of ketones is 1. The van der Waals surface area contributed by atoms with Crippen molar-refractivity contribution in [3.05, 3.63) is 58.7 Å². The number of allylic oxidation sites excluding steroid dienone is 2. The summed E-state index contributed by atoms with van der Waals surface area (Å²) in [5.41, 5.74) is 1.72. The lowest BCUT2D eigenvalue weighted by molar-refractivity contribution is -0.354. The van der Waals surface area contributed by atoms with Crippen molar-refractivity contribution < 1.29 is 59.5 Å². The zero-order valence-electron chi connectivity index (χ0n) is 33.5. The molecule has 12 nitrogen and oxygen atoms in total. The number of aliphatic hydroxyl groups excluding tert-OH is 6. The second-order valence-electron chi connectivity index (χ2n) is 16.9. The minimum absolute atomic E-state index is 0.0505. The van der Waals surface area contributed by atoms with E-state index >= 15 is 0 Å². The number of Topliss-reactive ketones (excluding diaryl/α,β-unsaturated/α-hetero) is 1. The second-order valence-corrected chi connectivity index (χ2v) is 16.9. The number of rotatable bonds is 13. The van der Waals surface area contributed by atoms with Crippen LogP contribution in [0, 0.1) is 17.3 Å². The number of aliphatic hydroxyl groups is 7. The summed E-state index contributed by atoms with van der Waals surface area (Å²) in [5.74, 6) is -1.16. The van der Waals surface area contributed by atoms with Gasteiger partial charge in [0, 0.05) is 5.41 Å². The molecule has 4 fully saturated rings. The summed E-state index contributed by atoms with van der Waals surface area (Å²) in [6.45, 7) is 20.9. The van der Waals surface area contributed by atoms with E-state index in [1.807, 2.05) is 59.8 Å². The van der Waals surface area contributed by atoms with Gasteiger partial charge in [-0.15, -0.1) is 0 Å². The van der Waals surface area contributed by atoms with Crippen LogP contribution in [0.2, 0.25) is 0 Å². The maximum Gasteiger partial charge on any atom is 0.187 e. The Hall–Kier alpha value is -2.07. The largest absolute Gasteiger partial charge is 0.388 e. The third-order valence-corrected chi connectivity index (χ3v) is 12.2. The van der Waals surface area contributed by atoms with Gasteiger partial charge in [-0.1, -0.05) is 55.4 Å². The molecule has 4 rings (SSSR count). The fourth-order valence-corrected chi connectivity index (χ4v) is 8.36. The number of hydrogen-bond acceptors (Lipinski definition) is 12. The standard InChI is InChI=1S/C42H66O12/c1-21(2)13-15-30(43)24(6)20-29-38(49)41(10)18-11-12-28(41)25(7)42(29,50)19-17-23(5)31(16-14-22(3)4)53-39-36(48)34(46)37(27(9)52-39)54-40-35(47)33(45)32(44)26(8)51-40/h13-14,17,20,26-37,39-40,43-48,50H,7,11-12,15-16,18-19H2,1-6,8-10H3/b23-17+,24-20+/t26-,27+,28-,29+,30?,31?,32-,33+,34+,35+,36+,37-,39-,40-,41-,42+/m0/s1. The molecular weight excluding hydrogens is 696 g/mol. The Bertz CT molecular complexity index is 1460. The quantitative estimate of drug-likeness (QED) is 0.135. The minimum atomic E-state index is -1.63. The summed E-state index contributed by atoms with van der Waals surface area (Å²) in [6, 6.07) is 0. The number of carbonyl (C=O) groups excluding carboxylic acids is 1. The molecule has 12 heteroatoms. The van der Waals surface area contributed by atoms with Crippen LogP contribution in [0.1, 0.15) is 101 Å². The summed E-state index contributed by atoms with van der Waals surface area (Å²) >= 11 is 0. The fourth-order valence-electron chi connectivity index (χ4n) is 8.36. The van der Waals surface area contributed by atoms with E-state index in [4.69, 9.17) is 18.9 Å². The first-order valence-electron chi connectivity index (χ1n) is 19.4. The molecule has 2 aliphatic carbocycles. The normalized spacial score (nSPS) is 41.6. The van der Waals surface area contributed by atoms with E-state index in [2.05, 4.69) is 6.58 Å². The van der Waals surface area contributed by atoms with Crippen LogP contribution < -0.4 is 0 Å². The molecule has 16 atom stereocenters. The van der Waals surface area contributed by atoms with Crippen LogP contribution in [0.25, 0.3) is 0 Å². The number of ether oxygens (including phenoxy) is 4. The van der Waals surface area contributed by atoms with Crippen molar-refractivity contribution in [1.29, 1.82) is 0 Å². The molecule has 54 heavy (non-hydrogen) atoms. The minimum Gasteiger partial charge on any atom is -0.388 e. The summed E-state index contributed by atoms with van der Waals surface area (Å²) in [7, 11) is 0. The van der Waals surface area contributed by atoms with Crippen LogP contribution in [0.5, 0.6) is 0 Å². The van der Waals surface area contributed by atoms with Gasteiger partial charge in [-0.05, 0) is 110 Å². The molecule has 2 saturated carbocycles. The van der Waals surface area contributed by atoms with Crippen LogP contribution in [-0.4, -0.2) is 121 Å². The van der Waals surface area contributed by atoms with Crippen LogP contribution in [0.4, 0.5) is 0 Å². The molecule has 2 heterocycles. The molecule has 2 saturated heterocycles. The van der Waals surface area contributed by atoms with Gasteiger partial charge < -0.3 is 54.7 Å². The van der Waals surface area contributed by atoms with Gasteiger partial charge in [0.1, 0.15) is 48.0 Å². The molecule has 2 aliphatic heterocycles. The first kappa shape index (κ1) is 44.6. The average Bonchev–Trinajstić information content (AvgIpc) is 3.52. The van der Waals surface area contributed by atoms with E-state index in [0.29, 0.717) is 36.0 Å². The van der Waals surface area contributed by atoms with Crippen molar-refractivity contribution in [3.8, 4) is 0 Å². The summed E-state index contributed by atoms with van der Waals surface area (Å²) in [6.07, 6.45) is -4.10. The Kier molecular flexibility index (Phi) is 14.9. The Balaban J connectivity index is 1.58. The molecule has 0 aromatic carbocycles. The molecule has 4 aliphatic rings. The molecule has 0 radical (unpaired) electrons. The summed E-state index contributed by atoms with van der Waals surface area (Å²) in [5, 5.41) is 76.7. The average molecular weight is 763 g/mol. The molecule has 2 unspecified atom stereocenters. The summed E-state index contributed by atoms with van der Waals surface area (Å²) < 4.78 is 23.8. The van der Waals surface area contributed by atoms with Crippen molar-refractivity contribution in [2.75, 3.05) is 0 Å². The Morgan fingerprint density at radius 2 is 1.44 bits per heavy atom. The fraction of sp³-hybridized carbons (Fsp3) is 0.738. The van der Waals surface area contributed by atoms with Crippen molar-refractivity contribution >= 4 is 5.78 Å². The number of fused-ring (bicyclic) bond motifs is 1. The maximum absolute atomic E-state index is 14.3. The third-order valence-electron chi connectivity index (χ3n) is 12.2. The van der Waals surface area contributed by atoms with E-state index in [0.717, 1.165) is 24.0 Å². The smallest absolute Gasteiger partial charge is 0.187 e. The van der Waals surface area contributed by atoms with E-state index in [9.17, 15) is 40.5 Å². The Morgan fingerprint density at radius 1 is 0.852 bits per heavy atom. The van der Waals surface area contributed by atoms with Gasteiger partial charge in [0.15, 0.2) is 12.6 Å². The Morgan fingerprint density at radius 3 is 2.07 bits per heavy atom. The molecule has 0 amide bonds. The van der Waals surface area contributed by atoms with Gasteiger partial charge in [-0.25, -0.2) is 0 Å². The van der Waals surface area contributed by atoms with Crippen molar-refractivity contribution in [1.82, 2.24) is 0 Å². The van der Waals surface area contributed by atoms with Crippen LogP contribution >= 0.6 is 0 Å². The van der Waals surface area contributed by atoms with E-state index in [1.165, 1.54) is 6.92 Å². The van der Waals surface area contributed by atoms with E-state index in [1.54, 1.807) is 19.9 Å². The van der Waals surface area contributed by atoms with Crippen molar-refractivity contribution in [3.63, 3.8) is 0 Å². The monoisotopic (exact) mass is 762 g/mol. The predicted octanol–water partition coefficient (Wildman–Crippen LogP) is 3.70. The number of carbonyl (C=O) groups is 1. The van der Waals surface area contributed by atoms with Crippen LogP contribution in [-0.2, 0) is 23.7 Å². The summed E-state index contributed by atoms with van der Waals surface area (Å²) in [4.78, 5) is 14.3. The van der Waals surface area contributed by atoms with Crippen molar-refractivity contribution in [2.45, 2.75) is 180 Å². The molecule has 306 valence electrons. The first-order chi connectivity index (χ1) is 25.1. The van der Waals surface area contributed by atoms with E-state index in [-0.39, 0.29) is 18.1 Å². The third kappa shape index (κ3) is 9.37.